The highest BCUT2D eigenvalue weighted by atomic mass is 19.4. The SMILES string of the molecule is COc1ccc(CNc2ccccc2C(F)(F)F)cc1F. The van der Waals surface area contributed by atoms with Crippen LogP contribution in [-0.2, 0) is 12.7 Å². The van der Waals surface area contributed by atoms with Crippen molar-refractivity contribution in [2.24, 2.45) is 0 Å². The van der Waals surface area contributed by atoms with E-state index >= 15 is 0 Å². The maximum absolute atomic E-state index is 13.5. The first-order chi connectivity index (χ1) is 9.91. The molecule has 0 unspecified atom stereocenters. The molecule has 0 aliphatic carbocycles. The highest BCUT2D eigenvalue weighted by Gasteiger charge is 2.32. The molecule has 0 saturated heterocycles. The predicted octanol–water partition coefficient (Wildman–Crippen LogP) is 4.47. The van der Waals surface area contributed by atoms with Crippen LogP contribution in [0.2, 0.25) is 0 Å². The van der Waals surface area contributed by atoms with Crippen molar-refractivity contribution in [3.63, 3.8) is 0 Å². The summed E-state index contributed by atoms with van der Waals surface area (Å²) in [7, 11) is 1.34. The summed E-state index contributed by atoms with van der Waals surface area (Å²) in [5.74, 6) is -0.463. The molecule has 0 aromatic heterocycles. The van der Waals surface area contributed by atoms with Gasteiger partial charge in [0, 0.05) is 12.2 Å². The van der Waals surface area contributed by atoms with Crippen LogP contribution < -0.4 is 10.1 Å². The summed E-state index contributed by atoms with van der Waals surface area (Å²) in [6, 6.07) is 9.40. The van der Waals surface area contributed by atoms with Gasteiger partial charge in [0.2, 0.25) is 0 Å². The Labute approximate surface area is 119 Å². The molecule has 21 heavy (non-hydrogen) atoms. The van der Waals surface area contributed by atoms with Gasteiger partial charge in [0.15, 0.2) is 11.6 Å². The molecule has 2 nitrogen and oxygen atoms in total. The van der Waals surface area contributed by atoms with Crippen LogP contribution in [0, 0.1) is 5.82 Å². The van der Waals surface area contributed by atoms with Gasteiger partial charge >= 0.3 is 6.18 Å². The van der Waals surface area contributed by atoms with Gasteiger partial charge in [-0.25, -0.2) is 4.39 Å². The van der Waals surface area contributed by atoms with Gasteiger partial charge in [-0.3, -0.25) is 0 Å². The number of halogens is 4. The van der Waals surface area contributed by atoms with E-state index in [1.54, 1.807) is 6.07 Å². The Hall–Kier alpha value is -2.24. The van der Waals surface area contributed by atoms with E-state index in [2.05, 4.69) is 5.32 Å². The molecule has 0 spiro atoms. The van der Waals surface area contributed by atoms with E-state index < -0.39 is 17.6 Å². The smallest absolute Gasteiger partial charge is 0.418 e. The summed E-state index contributed by atoms with van der Waals surface area (Å²) < 4.78 is 56.8. The Balaban J connectivity index is 2.15. The van der Waals surface area contributed by atoms with Crippen LogP contribution in [0.1, 0.15) is 11.1 Å². The Bertz CT molecular complexity index is 625. The number of rotatable bonds is 4. The molecule has 0 saturated carbocycles. The number of methoxy groups -OCH3 is 1. The number of benzene rings is 2. The lowest BCUT2D eigenvalue weighted by atomic mass is 10.1. The molecule has 0 aliphatic heterocycles. The van der Waals surface area contributed by atoms with Gasteiger partial charge in [-0.05, 0) is 29.8 Å². The minimum Gasteiger partial charge on any atom is -0.494 e. The second kappa shape index (κ2) is 6.03. The second-order valence-electron chi connectivity index (χ2n) is 4.37. The van der Waals surface area contributed by atoms with E-state index in [4.69, 9.17) is 4.74 Å². The molecule has 1 N–H and O–H groups in total. The summed E-state index contributed by atoms with van der Waals surface area (Å²) in [6.45, 7) is 0.0774. The molecule has 2 rings (SSSR count). The molecule has 2 aromatic rings. The van der Waals surface area contributed by atoms with Gasteiger partial charge in [-0.2, -0.15) is 13.2 Å². The van der Waals surface area contributed by atoms with Crippen LogP contribution in [0.15, 0.2) is 42.5 Å². The van der Waals surface area contributed by atoms with Crippen LogP contribution in [-0.4, -0.2) is 7.11 Å². The van der Waals surface area contributed by atoms with Crippen molar-refractivity contribution >= 4 is 5.69 Å². The lowest BCUT2D eigenvalue weighted by Crippen LogP contribution is -2.10. The zero-order valence-electron chi connectivity index (χ0n) is 11.2. The highest BCUT2D eigenvalue weighted by molar-refractivity contribution is 5.53. The Kier molecular flexibility index (Phi) is 4.35. The van der Waals surface area contributed by atoms with Crippen molar-refractivity contribution in [3.05, 3.63) is 59.4 Å². The molecule has 6 heteroatoms. The molecule has 2 aromatic carbocycles. The van der Waals surface area contributed by atoms with Gasteiger partial charge in [0.1, 0.15) is 0 Å². The quantitative estimate of drug-likeness (QED) is 0.841. The summed E-state index contributed by atoms with van der Waals surface area (Å²) >= 11 is 0. The molecule has 0 bridgehead atoms. The van der Waals surface area contributed by atoms with Gasteiger partial charge in [0.25, 0.3) is 0 Å². The molecule has 112 valence electrons. The summed E-state index contributed by atoms with van der Waals surface area (Å²) in [4.78, 5) is 0. The Morgan fingerprint density at radius 3 is 2.43 bits per heavy atom. The summed E-state index contributed by atoms with van der Waals surface area (Å²) in [5, 5.41) is 2.67. The number of anilines is 1. The van der Waals surface area contributed by atoms with Crippen molar-refractivity contribution in [1.29, 1.82) is 0 Å². The largest absolute Gasteiger partial charge is 0.494 e. The maximum Gasteiger partial charge on any atom is 0.418 e. The zero-order valence-corrected chi connectivity index (χ0v) is 11.2. The monoisotopic (exact) mass is 299 g/mol. The van der Waals surface area contributed by atoms with Crippen LogP contribution >= 0.6 is 0 Å². The first kappa shape index (κ1) is 15.2. The van der Waals surface area contributed by atoms with Crippen LogP contribution in [0.4, 0.5) is 23.2 Å². The summed E-state index contributed by atoms with van der Waals surface area (Å²) in [6.07, 6.45) is -4.44. The molecule has 0 fully saturated rings. The van der Waals surface area contributed by atoms with E-state index in [-0.39, 0.29) is 18.0 Å². The predicted molar refractivity (Wildman–Crippen MR) is 71.7 cm³/mol. The molecule has 0 heterocycles. The number of hydrogen-bond donors (Lipinski definition) is 1. The molecule has 0 radical (unpaired) electrons. The molecule has 0 amide bonds. The minimum absolute atomic E-state index is 0.0405. The van der Waals surface area contributed by atoms with Crippen LogP contribution in [0.3, 0.4) is 0 Å². The first-order valence-corrected chi connectivity index (χ1v) is 6.14. The molecular formula is C15H13F4NO. The van der Waals surface area contributed by atoms with Crippen molar-refractivity contribution in [3.8, 4) is 5.75 Å². The average molecular weight is 299 g/mol. The Morgan fingerprint density at radius 2 is 1.81 bits per heavy atom. The lowest BCUT2D eigenvalue weighted by molar-refractivity contribution is -0.136. The zero-order chi connectivity index (χ0) is 15.5. The fraction of sp³-hybridized carbons (Fsp3) is 0.200. The van der Waals surface area contributed by atoms with Crippen LogP contribution in [0.5, 0.6) is 5.75 Å². The standard InChI is InChI=1S/C15H13F4NO/c1-21-14-7-6-10(8-12(14)16)9-20-13-5-3-2-4-11(13)15(17,18)19/h2-8,20H,9H2,1H3. The third kappa shape index (κ3) is 3.65. The van der Waals surface area contributed by atoms with Crippen molar-refractivity contribution in [1.82, 2.24) is 0 Å². The van der Waals surface area contributed by atoms with E-state index in [1.165, 1.54) is 37.4 Å². The second-order valence-corrected chi connectivity index (χ2v) is 4.37. The van der Waals surface area contributed by atoms with Gasteiger partial charge < -0.3 is 10.1 Å². The normalized spacial score (nSPS) is 11.3. The number of nitrogens with one attached hydrogen (secondary N) is 1. The van der Waals surface area contributed by atoms with Crippen LogP contribution in [0.25, 0.3) is 0 Å². The van der Waals surface area contributed by atoms with Gasteiger partial charge in [-0.1, -0.05) is 18.2 Å². The number of para-hydroxylation sites is 1. The Morgan fingerprint density at radius 1 is 1.10 bits per heavy atom. The number of hydrogen-bond acceptors (Lipinski definition) is 2. The summed E-state index contributed by atoms with van der Waals surface area (Å²) in [5.41, 5.74) is -0.273. The van der Waals surface area contributed by atoms with Gasteiger partial charge in [0.05, 0.1) is 12.7 Å². The highest BCUT2D eigenvalue weighted by Crippen LogP contribution is 2.34. The van der Waals surface area contributed by atoms with Gasteiger partial charge in [-0.15, -0.1) is 0 Å². The van der Waals surface area contributed by atoms with Crippen molar-refractivity contribution in [2.75, 3.05) is 12.4 Å². The number of alkyl halides is 3. The first-order valence-electron chi connectivity index (χ1n) is 6.14. The molecule has 0 aliphatic rings. The van der Waals surface area contributed by atoms with E-state index in [1.807, 2.05) is 0 Å². The molecule has 0 atom stereocenters. The maximum atomic E-state index is 13.5. The third-order valence-electron chi connectivity index (χ3n) is 2.93. The number of ether oxygens (including phenoxy) is 1. The fourth-order valence-electron chi connectivity index (χ4n) is 1.90. The third-order valence-corrected chi connectivity index (χ3v) is 2.93. The average Bonchev–Trinajstić information content (AvgIpc) is 2.44. The van der Waals surface area contributed by atoms with Crippen molar-refractivity contribution < 1.29 is 22.3 Å². The minimum atomic E-state index is -4.44. The topological polar surface area (TPSA) is 21.3 Å². The van der Waals surface area contributed by atoms with E-state index in [0.29, 0.717) is 5.56 Å². The molecular weight excluding hydrogens is 286 g/mol. The van der Waals surface area contributed by atoms with E-state index in [9.17, 15) is 17.6 Å². The fourth-order valence-corrected chi connectivity index (χ4v) is 1.90. The lowest BCUT2D eigenvalue weighted by Gasteiger charge is -2.14. The van der Waals surface area contributed by atoms with E-state index in [0.717, 1.165) is 6.07 Å². The van der Waals surface area contributed by atoms with Crippen molar-refractivity contribution in [2.45, 2.75) is 12.7 Å².